The molecule has 0 bridgehead atoms. The second-order valence-electron chi connectivity index (χ2n) is 9.30. The predicted molar refractivity (Wildman–Crippen MR) is 116 cm³/mol. The van der Waals surface area contributed by atoms with Crippen molar-refractivity contribution in [2.24, 2.45) is 16.3 Å². The topological polar surface area (TPSA) is 40.1 Å². The van der Waals surface area contributed by atoms with Gasteiger partial charge < -0.3 is 19.9 Å². The van der Waals surface area contributed by atoms with Gasteiger partial charge in [0.2, 0.25) is 0 Å². The molecule has 3 unspecified atom stereocenters. The fraction of sp³-hybridized carbons (Fsp3) is 0.696. The van der Waals surface area contributed by atoms with E-state index in [4.69, 9.17) is 4.74 Å². The molecule has 3 aliphatic rings. The van der Waals surface area contributed by atoms with Crippen LogP contribution in [0.2, 0.25) is 0 Å². The van der Waals surface area contributed by atoms with Crippen LogP contribution in [0.4, 0.5) is 5.69 Å². The maximum atomic E-state index is 5.93. The minimum absolute atomic E-state index is 0.161. The highest BCUT2D eigenvalue weighted by atomic mass is 16.5. The number of piperidine rings is 1. The van der Waals surface area contributed by atoms with Crippen molar-refractivity contribution in [1.82, 2.24) is 10.2 Å². The lowest BCUT2D eigenvalue weighted by Crippen LogP contribution is -2.67. The van der Waals surface area contributed by atoms with Crippen LogP contribution in [0.5, 0.6) is 0 Å². The molecule has 1 aliphatic carbocycles. The maximum absolute atomic E-state index is 5.93. The van der Waals surface area contributed by atoms with Gasteiger partial charge in [0.1, 0.15) is 0 Å². The molecule has 5 nitrogen and oxygen atoms in total. The standard InChI is InChI=1S/C23H36N4O/c1-23(2)20(19-12-15-28-21(19)23)25-22(24-3)26(4)16-17-8-10-18(11-9-17)27-13-6-5-7-14-27/h8-11,19-21H,5-7,12-16H2,1-4H3,(H,24,25). The number of nitrogens with zero attached hydrogens (tertiary/aromatic N) is 3. The van der Waals surface area contributed by atoms with Gasteiger partial charge in [-0.25, -0.2) is 0 Å². The lowest BCUT2D eigenvalue weighted by Gasteiger charge is -2.55. The van der Waals surface area contributed by atoms with Gasteiger partial charge in [-0.1, -0.05) is 26.0 Å². The summed E-state index contributed by atoms with van der Waals surface area (Å²) in [6.07, 6.45) is 5.56. The van der Waals surface area contributed by atoms with Crippen molar-refractivity contribution in [3.8, 4) is 0 Å². The smallest absolute Gasteiger partial charge is 0.193 e. The molecule has 3 atom stereocenters. The lowest BCUT2D eigenvalue weighted by atomic mass is 9.57. The molecule has 0 aromatic heterocycles. The van der Waals surface area contributed by atoms with Crippen LogP contribution in [-0.4, -0.2) is 56.8 Å². The Morgan fingerprint density at radius 2 is 1.93 bits per heavy atom. The second kappa shape index (κ2) is 7.94. The summed E-state index contributed by atoms with van der Waals surface area (Å²) in [5.41, 5.74) is 2.84. The van der Waals surface area contributed by atoms with Crippen LogP contribution < -0.4 is 10.2 Å². The summed E-state index contributed by atoms with van der Waals surface area (Å²) in [6.45, 7) is 8.76. The highest BCUT2D eigenvalue weighted by molar-refractivity contribution is 5.80. The van der Waals surface area contributed by atoms with E-state index in [1.54, 1.807) is 0 Å². The molecule has 1 aromatic rings. The number of rotatable bonds is 4. The summed E-state index contributed by atoms with van der Waals surface area (Å²) in [5, 5.41) is 3.74. The van der Waals surface area contributed by atoms with Gasteiger partial charge in [0, 0.05) is 63.4 Å². The zero-order valence-electron chi connectivity index (χ0n) is 17.9. The number of hydrogen-bond donors (Lipinski definition) is 1. The first-order valence-electron chi connectivity index (χ1n) is 10.9. The van der Waals surface area contributed by atoms with Crippen molar-refractivity contribution >= 4 is 11.6 Å². The van der Waals surface area contributed by atoms with Crippen LogP contribution in [0.3, 0.4) is 0 Å². The van der Waals surface area contributed by atoms with Crippen LogP contribution in [0, 0.1) is 11.3 Å². The molecule has 2 aliphatic heterocycles. The summed E-state index contributed by atoms with van der Waals surface area (Å²) >= 11 is 0. The van der Waals surface area contributed by atoms with Gasteiger partial charge in [-0.05, 0) is 43.4 Å². The summed E-state index contributed by atoms with van der Waals surface area (Å²) < 4.78 is 5.93. The van der Waals surface area contributed by atoms with Crippen molar-refractivity contribution < 1.29 is 4.74 Å². The average Bonchev–Trinajstić information content (AvgIpc) is 3.17. The van der Waals surface area contributed by atoms with E-state index in [1.807, 2.05) is 7.05 Å². The predicted octanol–water partition coefficient (Wildman–Crippen LogP) is 3.50. The van der Waals surface area contributed by atoms with E-state index >= 15 is 0 Å². The van der Waals surface area contributed by atoms with E-state index in [9.17, 15) is 0 Å². The van der Waals surface area contributed by atoms with Gasteiger partial charge in [-0.15, -0.1) is 0 Å². The van der Waals surface area contributed by atoms with Gasteiger partial charge in [-0.2, -0.15) is 0 Å². The quantitative estimate of drug-likeness (QED) is 0.637. The van der Waals surface area contributed by atoms with Crippen LogP contribution in [0.25, 0.3) is 0 Å². The lowest BCUT2D eigenvalue weighted by molar-refractivity contribution is -0.107. The number of fused-ring (bicyclic) bond motifs is 1. The molecule has 0 radical (unpaired) electrons. The Morgan fingerprint density at radius 1 is 1.21 bits per heavy atom. The summed E-state index contributed by atoms with van der Waals surface area (Å²) in [6, 6.07) is 9.52. The number of ether oxygens (including phenoxy) is 1. The Balaban J connectivity index is 1.36. The van der Waals surface area contributed by atoms with E-state index in [-0.39, 0.29) is 5.41 Å². The number of benzene rings is 1. The molecule has 154 valence electrons. The third-order valence-corrected chi connectivity index (χ3v) is 7.04. The molecule has 4 rings (SSSR count). The van der Waals surface area contributed by atoms with E-state index in [0.717, 1.165) is 25.5 Å². The molecule has 2 saturated heterocycles. The number of aliphatic imine (C=N–C) groups is 1. The van der Waals surface area contributed by atoms with Crippen LogP contribution in [0.1, 0.15) is 45.1 Å². The van der Waals surface area contributed by atoms with Gasteiger partial charge in [0.15, 0.2) is 5.96 Å². The van der Waals surface area contributed by atoms with E-state index in [1.165, 1.54) is 43.6 Å². The molecule has 2 heterocycles. The first-order chi connectivity index (χ1) is 13.5. The molecular weight excluding hydrogens is 348 g/mol. The zero-order chi connectivity index (χ0) is 19.7. The Labute approximate surface area is 170 Å². The monoisotopic (exact) mass is 384 g/mol. The van der Waals surface area contributed by atoms with Crippen LogP contribution >= 0.6 is 0 Å². The fourth-order valence-electron chi connectivity index (χ4n) is 5.41. The Morgan fingerprint density at radius 3 is 2.61 bits per heavy atom. The minimum atomic E-state index is 0.161. The normalized spacial score (nSPS) is 29.2. The minimum Gasteiger partial charge on any atom is -0.377 e. The molecule has 3 fully saturated rings. The largest absolute Gasteiger partial charge is 0.377 e. The third-order valence-electron chi connectivity index (χ3n) is 7.04. The third kappa shape index (κ3) is 3.61. The van der Waals surface area contributed by atoms with Crippen LogP contribution in [0.15, 0.2) is 29.3 Å². The first-order valence-corrected chi connectivity index (χ1v) is 10.9. The van der Waals surface area contributed by atoms with E-state index in [0.29, 0.717) is 18.1 Å². The van der Waals surface area contributed by atoms with Gasteiger partial charge >= 0.3 is 0 Å². The van der Waals surface area contributed by atoms with Gasteiger partial charge in [0.05, 0.1) is 6.10 Å². The molecule has 1 N–H and O–H groups in total. The summed E-state index contributed by atoms with van der Waals surface area (Å²) in [4.78, 5) is 9.30. The Kier molecular flexibility index (Phi) is 5.55. The van der Waals surface area contributed by atoms with Crippen molar-refractivity contribution in [3.63, 3.8) is 0 Å². The molecular formula is C23H36N4O. The number of hydrogen-bond acceptors (Lipinski definition) is 3. The SMILES string of the molecule is CN=C(NC1C2CCOC2C1(C)C)N(C)Cc1ccc(N2CCCCC2)cc1. The molecule has 5 heteroatoms. The Hall–Kier alpha value is -1.75. The summed E-state index contributed by atoms with van der Waals surface area (Å²) in [7, 11) is 4.01. The van der Waals surface area contributed by atoms with E-state index in [2.05, 4.69) is 65.3 Å². The zero-order valence-corrected chi connectivity index (χ0v) is 17.9. The van der Waals surface area contributed by atoms with Crippen molar-refractivity contribution in [2.75, 3.05) is 38.7 Å². The first kappa shape index (κ1) is 19.6. The molecule has 1 aromatic carbocycles. The van der Waals surface area contributed by atoms with E-state index < -0.39 is 0 Å². The maximum Gasteiger partial charge on any atom is 0.193 e. The highest BCUT2D eigenvalue weighted by Crippen LogP contribution is 2.52. The van der Waals surface area contributed by atoms with Crippen LogP contribution in [-0.2, 0) is 11.3 Å². The van der Waals surface area contributed by atoms with Crippen molar-refractivity contribution in [1.29, 1.82) is 0 Å². The summed E-state index contributed by atoms with van der Waals surface area (Å²) in [5.74, 6) is 1.59. The Bertz CT molecular complexity index is 693. The van der Waals surface area contributed by atoms with Crippen molar-refractivity contribution in [2.45, 2.75) is 58.2 Å². The molecule has 1 saturated carbocycles. The van der Waals surface area contributed by atoms with Gasteiger partial charge in [0.25, 0.3) is 0 Å². The number of anilines is 1. The number of nitrogens with one attached hydrogen (secondary N) is 1. The van der Waals surface area contributed by atoms with Gasteiger partial charge in [-0.3, -0.25) is 4.99 Å². The molecule has 28 heavy (non-hydrogen) atoms. The van der Waals surface area contributed by atoms with Crippen molar-refractivity contribution in [3.05, 3.63) is 29.8 Å². The fourth-order valence-corrected chi connectivity index (χ4v) is 5.41. The molecule has 0 amide bonds. The molecule has 0 spiro atoms. The number of guanidine groups is 1. The highest BCUT2D eigenvalue weighted by Gasteiger charge is 2.59. The average molecular weight is 385 g/mol. The second-order valence-corrected chi connectivity index (χ2v) is 9.30.